The van der Waals surface area contributed by atoms with Gasteiger partial charge in [0.15, 0.2) is 0 Å². The molecule has 40 heavy (non-hydrogen) atoms. The summed E-state index contributed by atoms with van der Waals surface area (Å²) in [7, 11) is -2.19. The summed E-state index contributed by atoms with van der Waals surface area (Å²) >= 11 is 0. The summed E-state index contributed by atoms with van der Waals surface area (Å²) in [5.74, 6) is 1.64. The molecule has 8 heteroatoms. The fourth-order valence-corrected chi connectivity index (χ4v) is 12.5. The maximum absolute atomic E-state index is 13.3. The van der Waals surface area contributed by atoms with Crippen molar-refractivity contribution in [2.24, 2.45) is 0 Å². The van der Waals surface area contributed by atoms with Crippen molar-refractivity contribution in [3.05, 3.63) is 40.7 Å². The molecule has 3 heterocycles. The molecule has 1 aromatic carbocycles. The van der Waals surface area contributed by atoms with Gasteiger partial charge < -0.3 is 14.5 Å². The van der Waals surface area contributed by atoms with Gasteiger partial charge in [0.2, 0.25) is 0 Å². The molecule has 1 atom stereocenters. The third-order valence-electron chi connectivity index (χ3n) is 9.16. The van der Waals surface area contributed by atoms with Crippen molar-refractivity contribution in [3.8, 4) is 11.4 Å². The molecule has 0 bridgehead atoms. The van der Waals surface area contributed by atoms with Crippen LogP contribution < -0.4 is 9.74 Å². The average Bonchev–Trinajstić information content (AvgIpc) is 3.67. The Morgan fingerprint density at radius 3 is 2.33 bits per heavy atom. The Bertz CT molecular complexity index is 1220. The molecule has 1 N–H and O–H groups in total. The van der Waals surface area contributed by atoms with Crippen LogP contribution in [0.1, 0.15) is 110 Å². The Balaban J connectivity index is 1.61. The highest BCUT2D eigenvalue weighted by molar-refractivity contribution is 6.78. The van der Waals surface area contributed by atoms with E-state index in [0.717, 1.165) is 36.5 Å². The molecule has 1 saturated carbocycles. The number of nitrogens with zero attached hydrogens (tertiary/aromatic N) is 3. The molecule has 0 unspecified atom stereocenters. The standard InChI is InChI=1S/C32H50N4O3Si/c1-20(2)40(21(3)4,22(5)6)39-29-18-24(23-10-11-23)12-13-26(29)36-27-15-17-35(31(37)38-32(7,8)9)28-19-33-16-14-25(34-36)30(27)28/h12-13,18,20-23,28,33H,10-11,14-17,19H2,1-9H3/t28-/m0/s1. The van der Waals surface area contributed by atoms with Crippen molar-refractivity contribution in [1.82, 2.24) is 20.0 Å². The molecule has 0 saturated heterocycles. The molecular weight excluding hydrogens is 516 g/mol. The number of hydrogen-bond acceptors (Lipinski definition) is 5. The molecule has 1 amide bonds. The van der Waals surface area contributed by atoms with Gasteiger partial charge in [-0.05, 0) is 73.9 Å². The largest absolute Gasteiger partial charge is 0.541 e. The number of carbonyl (C=O) groups is 1. The van der Waals surface area contributed by atoms with E-state index in [1.165, 1.54) is 29.7 Å². The Morgan fingerprint density at radius 1 is 1.05 bits per heavy atom. The van der Waals surface area contributed by atoms with Crippen LogP contribution in [0.15, 0.2) is 18.2 Å². The van der Waals surface area contributed by atoms with Gasteiger partial charge in [0.05, 0.1) is 17.4 Å². The zero-order valence-corrected chi connectivity index (χ0v) is 27.1. The zero-order valence-electron chi connectivity index (χ0n) is 26.1. The molecule has 2 aromatic rings. The molecule has 7 nitrogen and oxygen atoms in total. The Kier molecular flexibility index (Phi) is 7.89. The average molecular weight is 567 g/mol. The lowest BCUT2D eigenvalue weighted by atomic mass is 9.96. The SMILES string of the molecule is CC(C)[Si](Oc1cc(C2CC2)ccc1-n1nc2c3c1CCN(C(=O)OC(C)(C)C)[C@H]3CNCC2)(C(C)C)C(C)C. The van der Waals surface area contributed by atoms with E-state index in [1.54, 1.807) is 0 Å². The molecular formula is C32H50N4O3Si. The van der Waals surface area contributed by atoms with Crippen molar-refractivity contribution >= 4 is 14.4 Å². The van der Waals surface area contributed by atoms with Gasteiger partial charge in [-0.2, -0.15) is 5.10 Å². The Hall–Kier alpha value is -2.32. The van der Waals surface area contributed by atoms with Crippen LogP contribution in [0, 0.1) is 0 Å². The molecule has 5 rings (SSSR count). The molecule has 1 fully saturated rings. The molecule has 2 aliphatic heterocycles. The fraction of sp³-hybridized carbons (Fsp3) is 0.688. The third kappa shape index (κ3) is 5.33. The van der Waals surface area contributed by atoms with Crippen LogP contribution in [0.25, 0.3) is 5.69 Å². The first-order chi connectivity index (χ1) is 18.8. The predicted octanol–water partition coefficient (Wildman–Crippen LogP) is 7.28. The first-order valence-corrected chi connectivity index (χ1v) is 17.6. The second kappa shape index (κ2) is 10.8. The van der Waals surface area contributed by atoms with Gasteiger partial charge >= 0.3 is 6.09 Å². The number of benzene rings is 1. The van der Waals surface area contributed by atoms with Gasteiger partial charge in [-0.25, -0.2) is 9.48 Å². The van der Waals surface area contributed by atoms with Gasteiger partial charge in [-0.15, -0.1) is 0 Å². The zero-order chi connectivity index (χ0) is 29.0. The minimum Gasteiger partial charge on any atom is -0.541 e. The van der Waals surface area contributed by atoms with Crippen molar-refractivity contribution in [3.63, 3.8) is 0 Å². The Morgan fingerprint density at radius 2 is 1.73 bits per heavy atom. The summed E-state index contributed by atoms with van der Waals surface area (Å²) in [6.07, 6.45) is 3.85. The molecule has 1 aliphatic carbocycles. The van der Waals surface area contributed by atoms with Gasteiger partial charge in [-0.3, -0.25) is 4.90 Å². The topological polar surface area (TPSA) is 68.6 Å². The maximum atomic E-state index is 13.3. The van der Waals surface area contributed by atoms with Crippen LogP contribution in [0.5, 0.6) is 5.75 Å². The van der Waals surface area contributed by atoms with Crippen molar-refractivity contribution in [2.75, 3.05) is 19.6 Å². The summed E-state index contributed by atoms with van der Waals surface area (Å²) in [6.45, 7) is 22.0. The highest BCUT2D eigenvalue weighted by atomic mass is 28.4. The summed E-state index contributed by atoms with van der Waals surface area (Å²) in [5.41, 5.74) is 6.83. The van der Waals surface area contributed by atoms with Crippen molar-refractivity contribution in [1.29, 1.82) is 0 Å². The Labute approximate surface area is 242 Å². The van der Waals surface area contributed by atoms with Gasteiger partial charge in [0.25, 0.3) is 8.32 Å². The predicted molar refractivity (Wildman–Crippen MR) is 163 cm³/mol. The lowest BCUT2D eigenvalue weighted by molar-refractivity contribution is 0.0142. The number of amides is 1. The van der Waals surface area contributed by atoms with E-state index in [2.05, 4.69) is 69.7 Å². The summed E-state index contributed by atoms with van der Waals surface area (Å²) in [4.78, 5) is 15.2. The highest BCUT2D eigenvalue weighted by Gasteiger charge is 2.48. The molecule has 1 aromatic heterocycles. The van der Waals surface area contributed by atoms with Crippen LogP contribution in [0.4, 0.5) is 4.79 Å². The van der Waals surface area contributed by atoms with E-state index < -0.39 is 13.9 Å². The maximum Gasteiger partial charge on any atom is 0.410 e. The number of carbonyl (C=O) groups excluding carboxylic acids is 1. The normalized spacial score (nSPS) is 19.7. The van der Waals surface area contributed by atoms with Gasteiger partial charge in [0, 0.05) is 38.0 Å². The van der Waals surface area contributed by atoms with E-state index in [9.17, 15) is 4.79 Å². The number of aromatic nitrogens is 2. The second-order valence-corrected chi connectivity index (χ2v) is 19.4. The number of ether oxygens (including phenoxy) is 1. The number of rotatable bonds is 7. The van der Waals surface area contributed by atoms with Crippen LogP contribution in [0.2, 0.25) is 16.6 Å². The minimum absolute atomic E-state index is 0.0876. The number of hydrogen-bond donors (Lipinski definition) is 1. The van der Waals surface area contributed by atoms with E-state index in [1.807, 2.05) is 25.7 Å². The van der Waals surface area contributed by atoms with Gasteiger partial charge in [-0.1, -0.05) is 47.6 Å². The van der Waals surface area contributed by atoms with E-state index in [-0.39, 0.29) is 12.1 Å². The lowest BCUT2D eigenvalue weighted by Gasteiger charge is -2.42. The fourth-order valence-electron chi connectivity index (χ4n) is 7.26. The van der Waals surface area contributed by atoms with Crippen LogP contribution in [0.3, 0.4) is 0 Å². The van der Waals surface area contributed by atoms with Crippen LogP contribution >= 0.6 is 0 Å². The molecule has 0 spiro atoms. The number of nitrogens with one attached hydrogen (secondary N) is 1. The lowest BCUT2D eigenvalue weighted by Crippen LogP contribution is -2.51. The third-order valence-corrected chi connectivity index (χ3v) is 15.1. The molecule has 3 aliphatic rings. The second-order valence-electron chi connectivity index (χ2n) is 14.0. The van der Waals surface area contributed by atoms with Crippen LogP contribution in [-0.4, -0.2) is 54.3 Å². The smallest absolute Gasteiger partial charge is 0.410 e. The first kappa shape index (κ1) is 29.2. The summed E-state index contributed by atoms with van der Waals surface area (Å²) < 4.78 is 15.4. The highest BCUT2D eigenvalue weighted by Crippen LogP contribution is 2.47. The van der Waals surface area contributed by atoms with E-state index in [0.29, 0.717) is 35.6 Å². The summed E-state index contributed by atoms with van der Waals surface area (Å²) in [5, 5.41) is 8.80. The monoisotopic (exact) mass is 566 g/mol. The quantitative estimate of drug-likeness (QED) is 0.357. The van der Waals surface area contributed by atoms with Gasteiger partial charge in [0.1, 0.15) is 17.0 Å². The van der Waals surface area contributed by atoms with Crippen molar-refractivity contribution in [2.45, 2.75) is 122 Å². The minimum atomic E-state index is -2.19. The van der Waals surface area contributed by atoms with E-state index >= 15 is 0 Å². The molecule has 0 radical (unpaired) electrons. The van der Waals surface area contributed by atoms with E-state index in [4.69, 9.17) is 14.3 Å². The van der Waals surface area contributed by atoms with Crippen molar-refractivity contribution < 1.29 is 14.0 Å². The first-order valence-electron chi connectivity index (χ1n) is 15.5. The molecule has 220 valence electrons. The summed E-state index contributed by atoms with van der Waals surface area (Å²) in [6, 6.07) is 6.78. The van der Waals surface area contributed by atoms with Crippen LogP contribution in [-0.2, 0) is 17.6 Å².